The quantitative estimate of drug-likeness (QED) is 0.857. The summed E-state index contributed by atoms with van der Waals surface area (Å²) < 4.78 is 53.1. The van der Waals surface area contributed by atoms with Gasteiger partial charge in [0.25, 0.3) is 0 Å². The van der Waals surface area contributed by atoms with E-state index in [0.29, 0.717) is 6.42 Å². The maximum Gasteiger partial charge on any atom is 0.341 e. The zero-order chi connectivity index (χ0) is 15.1. The number of hydrogen-bond acceptors (Lipinski definition) is 4. The van der Waals surface area contributed by atoms with Crippen LogP contribution in [0.1, 0.15) is 24.8 Å². The second kappa shape index (κ2) is 5.12. The zero-order valence-electron chi connectivity index (χ0n) is 11.0. The summed E-state index contributed by atoms with van der Waals surface area (Å²) in [6.45, 7) is 1.78. The van der Waals surface area contributed by atoms with E-state index in [1.54, 1.807) is 6.92 Å². The fourth-order valence-corrected chi connectivity index (χ4v) is 3.17. The lowest BCUT2D eigenvalue weighted by Crippen LogP contribution is -2.32. The molecule has 4 nitrogen and oxygen atoms in total. The Morgan fingerprint density at radius 3 is 2.45 bits per heavy atom. The molecule has 1 fully saturated rings. The van der Waals surface area contributed by atoms with Crippen LogP contribution >= 0.6 is 0 Å². The van der Waals surface area contributed by atoms with E-state index in [1.807, 2.05) is 0 Å². The molecule has 20 heavy (non-hydrogen) atoms. The number of Topliss-reactive ketones (excluding diaryl/α,β-unsaturated/α-hetero) is 1. The molecule has 0 amide bonds. The van der Waals surface area contributed by atoms with Crippen molar-refractivity contribution in [3.63, 3.8) is 0 Å². The van der Waals surface area contributed by atoms with Crippen LogP contribution in [0.15, 0.2) is 23.1 Å². The summed E-state index contributed by atoms with van der Waals surface area (Å²) in [5.41, 5.74) is 0.724. The van der Waals surface area contributed by atoms with Gasteiger partial charge in [0, 0.05) is 18.3 Å². The number of carbonyl (C=O) groups is 1. The second-order valence-electron chi connectivity index (χ2n) is 4.78. The molecule has 1 saturated carbocycles. The number of sulfone groups is 1. The van der Waals surface area contributed by atoms with Crippen molar-refractivity contribution >= 4 is 15.6 Å². The third kappa shape index (κ3) is 2.30. The summed E-state index contributed by atoms with van der Waals surface area (Å²) in [4.78, 5) is 10.7. The van der Waals surface area contributed by atoms with Crippen molar-refractivity contribution < 1.29 is 26.7 Å². The van der Waals surface area contributed by atoms with Crippen molar-refractivity contribution in [3.05, 3.63) is 23.8 Å². The van der Waals surface area contributed by atoms with Crippen molar-refractivity contribution in [2.75, 3.05) is 7.11 Å². The van der Waals surface area contributed by atoms with Gasteiger partial charge in [-0.25, -0.2) is 8.42 Å². The van der Waals surface area contributed by atoms with Crippen LogP contribution in [-0.2, 0) is 14.6 Å². The number of ketones is 1. The standard InChI is InChI=1S/C13H14F2O4S/c1-7-9(6-10(7)16)8-3-4-12(11(5-8)19-2)20(17,18)13(14)15/h3-5,7,9,13H,6H2,1-2H3. The van der Waals surface area contributed by atoms with Gasteiger partial charge in [0.15, 0.2) is 0 Å². The molecular formula is C13H14F2O4S. The van der Waals surface area contributed by atoms with Crippen molar-refractivity contribution in [1.82, 2.24) is 0 Å². The molecule has 1 aromatic rings. The number of hydrogen-bond donors (Lipinski definition) is 0. The highest BCUT2D eigenvalue weighted by atomic mass is 32.2. The fourth-order valence-electron chi connectivity index (χ4n) is 2.30. The van der Waals surface area contributed by atoms with Gasteiger partial charge in [-0.3, -0.25) is 4.79 Å². The summed E-state index contributed by atoms with van der Waals surface area (Å²) in [7, 11) is -3.48. The molecule has 1 aliphatic rings. The van der Waals surface area contributed by atoms with Gasteiger partial charge >= 0.3 is 5.76 Å². The van der Waals surface area contributed by atoms with Crippen molar-refractivity contribution in [3.8, 4) is 5.75 Å². The SMILES string of the molecule is COc1cc(C2CC(=O)C2C)ccc1S(=O)(=O)C(F)F. The number of alkyl halides is 2. The zero-order valence-corrected chi connectivity index (χ0v) is 11.8. The van der Waals surface area contributed by atoms with Crippen LogP contribution in [0, 0.1) is 5.92 Å². The predicted octanol–water partition coefficient (Wildman–Crippen LogP) is 2.38. The molecule has 1 aromatic carbocycles. The third-order valence-corrected chi connectivity index (χ3v) is 5.11. The van der Waals surface area contributed by atoms with E-state index < -0.39 is 20.5 Å². The molecule has 2 rings (SSSR count). The van der Waals surface area contributed by atoms with Gasteiger partial charge in [0.05, 0.1) is 7.11 Å². The number of rotatable bonds is 4. The Morgan fingerprint density at radius 2 is 2.00 bits per heavy atom. The number of methoxy groups -OCH3 is 1. The van der Waals surface area contributed by atoms with Crippen LogP contribution in [-0.4, -0.2) is 27.1 Å². The third-order valence-electron chi connectivity index (χ3n) is 3.69. The molecule has 2 atom stereocenters. The summed E-state index contributed by atoms with van der Waals surface area (Å²) >= 11 is 0. The van der Waals surface area contributed by atoms with E-state index in [4.69, 9.17) is 4.74 Å². The molecule has 2 unspecified atom stereocenters. The molecule has 0 N–H and O–H groups in total. The summed E-state index contributed by atoms with van der Waals surface area (Å²) in [5, 5.41) is 0. The molecule has 0 aliphatic heterocycles. The van der Waals surface area contributed by atoms with E-state index in [-0.39, 0.29) is 23.4 Å². The van der Waals surface area contributed by atoms with Gasteiger partial charge in [0.2, 0.25) is 9.84 Å². The Labute approximate surface area is 115 Å². The average Bonchev–Trinajstić information content (AvgIpc) is 2.43. The molecule has 110 valence electrons. The van der Waals surface area contributed by atoms with Crippen LogP contribution < -0.4 is 4.74 Å². The first-order valence-corrected chi connectivity index (χ1v) is 7.56. The Morgan fingerprint density at radius 1 is 1.35 bits per heavy atom. The minimum absolute atomic E-state index is 0.0142. The molecule has 0 spiro atoms. The minimum Gasteiger partial charge on any atom is -0.495 e. The van der Waals surface area contributed by atoms with Crippen LogP contribution in [0.4, 0.5) is 8.78 Å². The molecule has 0 saturated heterocycles. The predicted molar refractivity (Wildman–Crippen MR) is 67.7 cm³/mol. The molecular weight excluding hydrogens is 290 g/mol. The second-order valence-corrected chi connectivity index (χ2v) is 6.67. The molecule has 0 heterocycles. The Hall–Kier alpha value is -1.50. The van der Waals surface area contributed by atoms with Crippen molar-refractivity contribution in [1.29, 1.82) is 0 Å². The Kier molecular flexibility index (Phi) is 3.82. The number of benzene rings is 1. The number of carbonyl (C=O) groups excluding carboxylic acids is 1. The highest BCUT2D eigenvalue weighted by Gasteiger charge is 2.38. The number of ether oxygens (including phenoxy) is 1. The average molecular weight is 304 g/mol. The van der Waals surface area contributed by atoms with E-state index >= 15 is 0 Å². The van der Waals surface area contributed by atoms with Gasteiger partial charge in [-0.1, -0.05) is 13.0 Å². The van der Waals surface area contributed by atoms with E-state index in [9.17, 15) is 22.0 Å². The highest BCUT2D eigenvalue weighted by molar-refractivity contribution is 7.91. The van der Waals surface area contributed by atoms with Crippen LogP contribution in [0.25, 0.3) is 0 Å². The lowest BCUT2D eigenvalue weighted by Gasteiger charge is -2.32. The summed E-state index contributed by atoms with van der Waals surface area (Å²) in [6.07, 6.45) is 0.380. The van der Waals surface area contributed by atoms with Crippen LogP contribution in [0.3, 0.4) is 0 Å². The van der Waals surface area contributed by atoms with Crippen molar-refractivity contribution in [2.45, 2.75) is 29.9 Å². The lowest BCUT2D eigenvalue weighted by molar-refractivity contribution is -0.130. The molecule has 0 aromatic heterocycles. The first kappa shape index (κ1) is 14.9. The molecule has 0 bridgehead atoms. The van der Waals surface area contributed by atoms with Gasteiger partial charge in [-0.2, -0.15) is 8.78 Å². The highest BCUT2D eigenvalue weighted by Crippen LogP contribution is 2.41. The minimum atomic E-state index is -4.70. The number of halogens is 2. The van der Waals surface area contributed by atoms with Gasteiger partial charge in [0.1, 0.15) is 16.4 Å². The Balaban J connectivity index is 2.42. The van der Waals surface area contributed by atoms with Crippen molar-refractivity contribution in [2.24, 2.45) is 5.92 Å². The van der Waals surface area contributed by atoms with Gasteiger partial charge in [-0.15, -0.1) is 0 Å². The first-order valence-electron chi connectivity index (χ1n) is 6.01. The summed E-state index contributed by atoms with van der Waals surface area (Å²) in [5.74, 6) is -3.63. The smallest absolute Gasteiger partial charge is 0.341 e. The lowest BCUT2D eigenvalue weighted by atomic mass is 9.70. The molecule has 1 aliphatic carbocycles. The Bertz CT molecular complexity index is 640. The van der Waals surface area contributed by atoms with E-state index in [0.717, 1.165) is 11.6 Å². The van der Waals surface area contributed by atoms with E-state index in [2.05, 4.69) is 0 Å². The maximum atomic E-state index is 12.6. The molecule has 7 heteroatoms. The first-order chi connectivity index (χ1) is 9.28. The maximum absolute atomic E-state index is 12.6. The fraction of sp³-hybridized carbons (Fsp3) is 0.462. The summed E-state index contributed by atoms with van der Waals surface area (Å²) in [6, 6.07) is 4.00. The van der Waals surface area contributed by atoms with Gasteiger partial charge in [-0.05, 0) is 17.7 Å². The van der Waals surface area contributed by atoms with Crippen LogP contribution in [0.5, 0.6) is 5.75 Å². The van der Waals surface area contributed by atoms with E-state index in [1.165, 1.54) is 19.2 Å². The topological polar surface area (TPSA) is 60.4 Å². The van der Waals surface area contributed by atoms with Crippen LogP contribution in [0.2, 0.25) is 0 Å². The monoisotopic (exact) mass is 304 g/mol. The molecule has 0 radical (unpaired) electrons. The van der Waals surface area contributed by atoms with Gasteiger partial charge < -0.3 is 4.74 Å². The largest absolute Gasteiger partial charge is 0.495 e. The normalized spacial score (nSPS) is 22.8.